The minimum absolute atomic E-state index is 0.0628. The van der Waals surface area contributed by atoms with Gasteiger partial charge in [0, 0.05) is 11.6 Å². The molecule has 15 heavy (non-hydrogen) atoms. The summed E-state index contributed by atoms with van der Waals surface area (Å²) in [5.74, 6) is -1.13. The van der Waals surface area contributed by atoms with Crippen molar-refractivity contribution in [1.29, 1.82) is 0 Å². The van der Waals surface area contributed by atoms with Crippen LogP contribution in [0.1, 0.15) is 30.9 Å². The molecule has 0 amide bonds. The average Bonchev–Trinajstić information content (AvgIpc) is 2.09. The highest BCUT2D eigenvalue weighted by molar-refractivity contribution is 6.30. The van der Waals surface area contributed by atoms with Crippen molar-refractivity contribution in [3.05, 3.63) is 34.4 Å². The van der Waals surface area contributed by atoms with Crippen molar-refractivity contribution in [1.82, 2.24) is 0 Å². The van der Waals surface area contributed by atoms with Gasteiger partial charge in [0.2, 0.25) is 0 Å². The van der Waals surface area contributed by atoms with Crippen molar-refractivity contribution < 1.29 is 8.78 Å². The summed E-state index contributed by atoms with van der Waals surface area (Å²) in [6.07, 6.45) is 2.96. The second-order valence-electron chi connectivity index (χ2n) is 3.97. The molecule has 0 radical (unpaired) electrons. The van der Waals surface area contributed by atoms with Gasteiger partial charge in [-0.1, -0.05) is 18.0 Å². The van der Waals surface area contributed by atoms with Crippen molar-refractivity contribution in [2.75, 3.05) is 0 Å². The number of rotatable bonds is 2. The van der Waals surface area contributed by atoms with Gasteiger partial charge in [0.05, 0.1) is 5.02 Å². The summed E-state index contributed by atoms with van der Waals surface area (Å²) in [5.41, 5.74) is 5.77. The lowest BCUT2D eigenvalue weighted by Gasteiger charge is -2.31. The maximum atomic E-state index is 13.6. The highest BCUT2D eigenvalue weighted by Gasteiger charge is 2.30. The van der Waals surface area contributed by atoms with Crippen LogP contribution < -0.4 is 5.73 Å². The SMILES string of the molecule is N[C@H](c1c(F)ccc(Cl)c1F)C1CCC1. The normalized spacial score (nSPS) is 18.7. The van der Waals surface area contributed by atoms with Crippen molar-refractivity contribution >= 4 is 11.6 Å². The summed E-state index contributed by atoms with van der Waals surface area (Å²) in [6, 6.07) is 1.81. The zero-order chi connectivity index (χ0) is 11.0. The van der Waals surface area contributed by atoms with Crippen LogP contribution in [0, 0.1) is 17.6 Å². The number of hydrogen-bond acceptors (Lipinski definition) is 1. The highest BCUT2D eigenvalue weighted by atomic mass is 35.5. The Morgan fingerprint density at radius 3 is 2.53 bits per heavy atom. The molecule has 1 fully saturated rings. The van der Waals surface area contributed by atoms with Gasteiger partial charge in [-0.3, -0.25) is 0 Å². The Morgan fingerprint density at radius 2 is 2.00 bits per heavy atom. The Morgan fingerprint density at radius 1 is 1.33 bits per heavy atom. The predicted octanol–water partition coefficient (Wildman–Crippen LogP) is 3.42. The molecule has 2 N–H and O–H groups in total. The van der Waals surface area contributed by atoms with Crippen LogP contribution in [0.5, 0.6) is 0 Å². The first-order valence-corrected chi connectivity index (χ1v) is 5.38. The van der Waals surface area contributed by atoms with Crippen LogP contribution in [0.3, 0.4) is 0 Å². The number of hydrogen-bond donors (Lipinski definition) is 1. The monoisotopic (exact) mass is 231 g/mol. The average molecular weight is 232 g/mol. The van der Waals surface area contributed by atoms with Crippen molar-refractivity contribution in [2.45, 2.75) is 25.3 Å². The molecule has 0 unspecified atom stereocenters. The van der Waals surface area contributed by atoms with Crippen LogP contribution in [-0.2, 0) is 0 Å². The van der Waals surface area contributed by atoms with Gasteiger partial charge in [-0.2, -0.15) is 0 Å². The van der Waals surface area contributed by atoms with E-state index in [1.165, 1.54) is 12.1 Å². The maximum absolute atomic E-state index is 13.6. The molecule has 1 atom stereocenters. The third kappa shape index (κ3) is 1.86. The predicted molar refractivity (Wildman–Crippen MR) is 55.6 cm³/mol. The van der Waals surface area contributed by atoms with Crippen LogP contribution in [0.25, 0.3) is 0 Å². The molecule has 4 heteroatoms. The third-order valence-electron chi connectivity index (χ3n) is 3.07. The standard InChI is InChI=1S/C11H12ClF2N/c12-7-4-5-8(13)9(10(7)14)11(15)6-2-1-3-6/h4-6,11H,1-3,15H2/t11-/m0/s1. The minimum Gasteiger partial charge on any atom is -0.324 e. The Kier molecular flexibility index (Phi) is 2.94. The quantitative estimate of drug-likeness (QED) is 0.776. The van der Waals surface area contributed by atoms with E-state index in [1.807, 2.05) is 0 Å². The fourth-order valence-corrected chi connectivity index (χ4v) is 2.05. The second kappa shape index (κ2) is 4.06. The van der Waals surface area contributed by atoms with Crippen LogP contribution in [0.2, 0.25) is 5.02 Å². The number of nitrogens with two attached hydrogens (primary N) is 1. The van der Waals surface area contributed by atoms with Crippen LogP contribution in [0.15, 0.2) is 12.1 Å². The van der Waals surface area contributed by atoms with E-state index in [4.69, 9.17) is 17.3 Å². The summed E-state index contributed by atoms with van der Waals surface area (Å²) in [6.45, 7) is 0. The third-order valence-corrected chi connectivity index (χ3v) is 3.36. The van der Waals surface area contributed by atoms with E-state index in [0.29, 0.717) is 0 Å². The van der Waals surface area contributed by atoms with Gasteiger partial charge in [0.15, 0.2) is 0 Å². The Bertz CT molecular complexity index is 377. The fourth-order valence-electron chi connectivity index (χ4n) is 1.88. The molecule has 1 nitrogen and oxygen atoms in total. The van der Waals surface area contributed by atoms with Gasteiger partial charge in [-0.25, -0.2) is 8.78 Å². The first-order valence-electron chi connectivity index (χ1n) is 5.00. The smallest absolute Gasteiger partial charge is 0.149 e. The molecular formula is C11H12ClF2N. The maximum Gasteiger partial charge on any atom is 0.149 e. The molecule has 0 saturated heterocycles. The largest absolute Gasteiger partial charge is 0.324 e. The molecule has 0 aliphatic heterocycles. The van der Waals surface area contributed by atoms with E-state index in [2.05, 4.69) is 0 Å². The molecule has 82 valence electrons. The zero-order valence-electron chi connectivity index (χ0n) is 8.14. The fraction of sp³-hybridized carbons (Fsp3) is 0.455. The molecule has 1 aliphatic carbocycles. The van der Waals surface area contributed by atoms with E-state index >= 15 is 0 Å². The zero-order valence-corrected chi connectivity index (χ0v) is 8.90. The summed E-state index contributed by atoms with van der Waals surface area (Å²) >= 11 is 5.60. The lowest BCUT2D eigenvalue weighted by atomic mass is 9.77. The Balaban J connectivity index is 2.36. The summed E-state index contributed by atoms with van der Waals surface area (Å²) < 4.78 is 27.0. The number of halogens is 3. The second-order valence-corrected chi connectivity index (χ2v) is 4.38. The lowest BCUT2D eigenvalue weighted by molar-refractivity contribution is 0.256. The topological polar surface area (TPSA) is 26.0 Å². The van der Waals surface area contributed by atoms with Gasteiger partial charge in [0.25, 0.3) is 0 Å². The molecule has 1 aromatic rings. The van der Waals surface area contributed by atoms with E-state index in [0.717, 1.165) is 19.3 Å². The van der Waals surface area contributed by atoms with Gasteiger partial charge in [-0.05, 0) is 30.9 Å². The highest BCUT2D eigenvalue weighted by Crippen LogP contribution is 2.38. The summed E-state index contributed by atoms with van der Waals surface area (Å²) in [7, 11) is 0. The Labute approximate surface area is 92.2 Å². The molecule has 0 spiro atoms. The van der Waals surface area contributed by atoms with Gasteiger partial charge < -0.3 is 5.73 Å². The van der Waals surface area contributed by atoms with Crippen molar-refractivity contribution in [3.8, 4) is 0 Å². The van der Waals surface area contributed by atoms with E-state index in [1.54, 1.807) is 0 Å². The molecule has 2 rings (SSSR count). The number of benzene rings is 1. The lowest BCUT2D eigenvalue weighted by Crippen LogP contribution is -2.28. The van der Waals surface area contributed by atoms with E-state index in [9.17, 15) is 8.78 Å². The first-order chi connectivity index (χ1) is 7.11. The van der Waals surface area contributed by atoms with Crippen molar-refractivity contribution in [3.63, 3.8) is 0 Å². The van der Waals surface area contributed by atoms with E-state index < -0.39 is 17.7 Å². The van der Waals surface area contributed by atoms with Gasteiger partial charge >= 0.3 is 0 Å². The Hall–Kier alpha value is -0.670. The molecule has 0 aromatic heterocycles. The molecule has 1 saturated carbocycles. The molecule has 1 aromatic carbocycles. The van der Waals surface area contributed by atoms with Crippen molar-refractivity contribution in [2.24, 2.45) is 11.7 Å². The molecule has 0 heterocycles. The van der Waals surface area contributed by atoms with Gasteiger partial charge in [0.1, 0.15) is 11.6 Å². The molecule has 0 bridgehead atoms. The first kappa shape index (κ1) is 10.8. The molecule has 1 aliphatic rings. The van der Waals surface area contributed by atoms with Gasteiger partial charge in [-0.15, -0.1) is 0 Å². The van der Waals surface area contributed by atoms with Crippen LogP contribution >= 0.6 is 11.6 Å². The minimum atomic E-state index is -0.712. The summed E-state index contributed by atoms with van der Waals surface area (Å²) in [4.78, 5) is 0. The van der Waals surface area contributed by atoms with Crippen LogP contribution in [-0.4, -0.2) is 0 Å². The summed E-state index contributed by atoms with van der Waals surface area (Å²) in [5, 5.41) is -0.0684. The molecular weight excluding hydrogens is 220 g/mol. The van der Waals surface area contributed by atoms with Crippen LogP contribution in [0.4, 0.5) is 8.78 Å². The van der Waals surface area contributed by atoms with E-state index in [-0.39, 0.29) is 16.5 Å².